The summed E-state index contributed by atoms with van der Waals surface area (Å²) in [5.74, 6) is -0.574. The predicted molar refractivity (Wildman–Crippen MR) is 103 cm³/mol. The normalized spacial score (nSPS) is 17.0. The lowest BCUT2D eigenvalue weighted by molar-refractivity contribution is -0.137. The first kappa shape index (κ1) is 23.4. The number of halogens is 3. The summed E-state index contributed by atoms with van der Waals surface area (Å²) in [6.45, 7) is 5.43. The summed E-state index contributed by atoms with van der Waals surface area (Å²) in [4.78, 5) is 14.7. The van der Waals surface area contributed by atoms with Crippen molar-refractivity contribution in [3.05, 3.63) is 29.8 Å². The summed E-state index contributed by atoms with van der Waals surface area (Å²) in [7, 11) is -3.99. The van der Waals surface area contributed by atoms with Gasteiger partial charge in [-0.15, -0.1) is 0 Å². The average Bonchev–Trinajstić information content (AvgIpc) is 2.64. The van der Waals surface area contributed by atoms with Gasteiger partial charge in [0.2, 0.25) is 15.9 Å². The number of ether oxygens (including phenoxy) is 1. The number of morpholine rings is 1. The summed E-state index contributed by atoms with van der Waals surface area (Å²) in [6.07, 6.45) is -3.10. The fraction of sp³-hybridized carbons (Fsp3) is 0.611. The zero-order valence-electron chi connectivity index (χ0n) is 16.4. The number of nitrogens with zero attached hydrogens (tertiary/aromatic N) is 2. The van der Waals surface area contributed by atoms with Crippen molar-refractivity contribution in [1.29, 1.82) is 0 Å². The highest BCUT2D eigenvalue weighted by Crippen LogP contribution is 2.32. The number of anilines is 1. The SMILES string of the molecule is C[C@H](C(=O)NCCCN1CCOCC1)N(c1cccc(C(F)(F)F)c1)S(C)(=O)=O. The Kier molecular flexibility index (Phi) is 7.89. The van der Waals surface area contributed by atoms with Gasteiger partial charge in [-0.3, -0.25) is 14.0 Å². The Morgan fingerprint density at radius 3 is 2.55 bits per heavy atom. The van der Waals surface area contributed by atoms with Gasteiger partial charge in [-0.2, -0.15) is 13.2 Å². The first-order valence-corrected chi connectivity index (χ1v) is 11.1. The molecule has 1 N–H and O–H groups in total. The van der Waals surface area contributed by atoms with Gasteiger partial charge in [0, 0.05) is 19.6 Å². The number of hydrogen-bond donors (Lipinski definition) is 1. The second-order valence-electron chi connectivity index (χ2n) is 6.88. The molecule has 0 saturated carbocycles. The molecule has 164 valence electrons. The van der Waals surface area contributed by atoms with Crippen molar-refractivity contribution in [2.24, 2.45) is 0 Å². The van der Waals surface area contributed by atoms with Crippen molar-refractivity contribution in [1.82, 2.24) is 10.2 Å². The van der Waals surface area contributed by atoms with Crippen LogP contribution in [0.2, 0.25) is 0 Å². The number of carbonyl (C=O) groups is 1. The third-order valence-electron chi connectivity index (χ3n) is 4.57. The minimum Gasteiger partial charge on any atom is -0.379 e. The second kappa shape index (κ2) is 9.77. The Morgan fingerprint density at radius 2 is 1.97 bits per heavy atom. The number of benzene rings is 1. The molecule has 29 heavy (non-hydrogen) atoms. The maximum absolute atomic E-state index is 13.0. The average molecular weight is 437 g/mol. The van der Waals surface area contributed by atoms with Gasteiger partial charge in [0.15, 0.2) is 0 Å². The molecular weight excluding hydrogens is 411 g/mol. The standard InChI is InChI=1S/C18H26F3N3O4S/c1-14(17(25)22-7-4-8-23-9-11-28-12-10-23)24(29(2,26)27)16-6-3-5-15(13-16)18(19,20)21/h3,5-6,13-14H,4,7-12H2,1-2H3,(H,22,25)/t14-/m1/s1. The molecule has 0 aliphatic carbocycles. The molecule has 2 rings (SSSR count). The Balaban J connectivity index is 2.03. The molecule has 1 aromatic rings. The molecular formula is C18H26F3N3O4S. The number of sulfonamides is 1. The highest BCUT2D eigenvalue weighted by Gasteiger charge is 2.34. The van der Waals surface area contributed by atoms with Crippen molar-refractivity contribution < 1.29 is 31.1 Å². The third kappa shape index (κ3) is 6.86. The van der Waals surface area contributed by atoms with Crippen LogP contribution in [-0.2, 0) is 25.7 Å². The largest absolute Gasteiger partial charge is 0.416 e. The van der Waals surface area contributed by atoms with E-state index in [2.05, 4.69) is 10.2 Å². The van der Waals surface area contributed by atoms with Crippen LogP contribution in [0.5, 0.6) is 0 Å². The van der Waals surface area contributed by atoms with Gasteiger partial charge < -0.3 is 10.1 Å². The summed E-state index contributed by atoms with van der Waals surface area (Å²) in [5, 5.41) is 2.66. The monoisotopic (exact) mass is 437 g/mol. The molecule has 0 radical (unpaired) electrons. The fourth-order valence-corrected chi connectivity index (χ4v) is 4.28. The van der Waals surface area contributed by atoms with Crippen LogP contribution < -0.4 is 9.62 Å². The van der Waals surface area contributed by atoms with Crippen molar-refractivity contribution in [2.45, 2.75) is 25.6 Å². The van der Waals surface area contributed by atoms with Crippen LogP contribution in [0.3, 0.4) is 0 Å². The van der Waals surface area contributed by atoms with Crippen molar-refractivity contribution in [3.63, 3.8) is 0 Å². The van der Waals surface area contributed by atoms with Crippen LogP contribution in [0.4, 0.5) is 18.9 Å². The van der Waals surface area contributed by atoms with Crippen LogP contribution in [-0.4, -0.2) is 70.9 Å². The maximum atomic E-state index is 13.0. The van der Waals surface area contributed by atoms with Gasteiger partial charge >= 0.3 is 6.18 Å². The molecule has 1 aliphatic rings. The number of amides is 1. The smallest absolute Gasteiger partial charge is 0.379 e. The van der Waals surface area contributed by atoms with Crippen LogP contribution >= 0.6 is 0 Å². The Morgan fingerprint density at radius 1 is 1.31 bits per heavy atom. The summed E-state index contributed by atoms with van der Waals surface area (Å²) < 4.78 is 69.4. The van der Waals surface area contributed by atoms with E-state index in [9.17, 15) is 26.4 Å². The Bertz CT molecular complexity index is 796. The lowest BCUT2D eigenvalue weighted by Crippen LogP contribution is -2.48. The molecule has 11 heteroatoms. The molecule has 1 aliphatic heterocycles. The molecule has 1 amide bonds. The topological polar surface area (TPSA) is 79.0 Å². The number of rotatable bonds is 8. The Hall–Kier alpha value is -1.85. The molecule has 0 aromatic heterocycles. The number of alkyl halides is 3. The molecule has 1 heterocycles. The van der Waals surface area contributed by atoms with Crippen LogP contribution in [0.25, 0.3) is 0 Å². The molecule has 1 aromatic carbocycles. The zero-order valence-corrected chi connectivity index (χ0v) is 17.2. The van der Waals surface area contributed by atoms with E-state index in [4.69, 9.17) is 4.74 Å². The molecule has 0 bridgehead atoms. The highest BCUT2D eigenvalue weighted by atomic mass is 32.2. The van der Waals surface area contributed by atoms with E-state index in [1.807, 2.05) is 0 Å². The summed E-state index contributed by atoms with van der Waals surface area (Å²) >= 11 is 0. The van der Waals surface area contributed by atoms with Crippen molar-refractivity contribution in [2.75, 3.05) is 50.0 Å². The Labute approximate surface area is 168 Å². The second-order valence-corrected chi connectivity index (χ2v) is 8.74. The van der Waals surface area contributed by atoms with E-state index in [1.54, 1.807) is 0 Å². The number of hydrogen-bond acceptors (Lipinski definition) is 5. The van der Waals surface area contributed by atoms with E-state index >= 15 is 0 Å². The first-order valence-electron chi connectivity index (χ1n) is 9.24. The molecule has 1 fully saturated rings. The highest BCUT2D eigenvalue weighted by molar-refractivity contribution is 7.92. The van der Waals surface area contributed by atoms with Gasteiger partial charge in [0.1, 0.15) is 6.04 Å². The van der Waals surface area contributed by atoms with E-state index in [0.717, 1.165) is 44.1 Å². The number of nitrogens with one attached hydrogen (secondary N) is 1. The minimum atomic E-state index is -4.62. The van der Waals surface area contributed by atoms with Crippen molar-refractivity contribution >= 4 is 21.6 Å². The van der Waals surface area contributed by atoms with Crippen LogP contribution in [0.1, 0.15) is 18.9 Å². The minimum absolute atomic E-state index is 0.210. The van der Waals surface area contributed by atoms with Crippen LogP contribution in [0.15, 0.2) is 24.3 Å². The van der Waals surface area contributed by atoms with Crippen LogP contribution in [0, 0.1) is 0 Å². The maximum Gasteiger partial charge on any atom is 0.416 e. The van der Waals surface area contributed by atoms with Gasteiger partial charge in [0.25, 0.3) is 0 Å². The zero-order chi connectivity index (χ0) is 21.7. The van der Waals surface area contributed by atoms with Gasteiger partial charge in [-0.05, 0) is 38.1 Å². The summed E-state index contributed by atoms with van der Waals surface area (Å²) in [5.41, 5.74) is -1.19. The van der Waals surface area contributed by atoms with Gasteiger partial charge in [0.05, 0.1) is 30.7 Å². The van der Waals surface area contributed by atoms with E-state index in [-0.39, 0.29) is 5.69 Å². The molecule has 1 saturated heterocycles. The number of carbonyl (C=O) groups excluding carboxylic acids is 1. The van der Waals surface area contributed by atoms with E-state index in [1.165, 1.54) is 13.0 Å². The van der Waals surface area contributed by atoms with Gasteiger partial charge in [-0.25, -0.2) is 8.42 Å². The van der Waals surface area contributed by atoms with E-state index in [0.29, 0.717) is 30.5 Å². The molecule has 0 unspecified atom stereocenters. The predicted octanol–water partition coefficient (Wildman–Crippen LogP) is 1.70. The lowest BCUT2D eigenvalue weighted by atomic mass is 10.1. The summed E-state index contributed by atoms with van der Waals surface area (Å²) in [6, 6.07) is 2.72. The van der Waals surface area contributed by atoms with Gasteiger partial charge in [-0.1, -0.05) is 6.07 Å². The lowest BCUT2D eigenvalue weighted by Gasteiger charge is -2.29. The van der Waals surface area contributed by atoms with E-state index < -0.39 is 33.7 Å². The molecule has 0 spiro atoms. The molecule has 7 nitrogen and oxygen atoms in total. The fourth-order valence-electron chi connectivity index (χ4n) is 3.11. The quantitative estimate of drug-likeness (QED) is 0.627. The first-order chi connectivity index (χ1) is 13.5. The molecule has 1 atom stereocenters. The third-order valence-corrected chi connectivity index (χ3v) is 5.81. The van der Waals surface area contributed by atoms with Crippen molar-refractivity contribution in [3.8, 4) is 0 Å².